The van der Waals surface area contributed by atoms with E-state index in [1.165, 1.54) is 5.56 Å². The minimum atomic E-state index is -0.412. The molecule has 0 bridgehead atoms. The number of nitrogens with zero attached hydrogens (tertiary/aromatic N) is 2. The molecule has 7 nitrogen and oxygen atoms in total. The summed E-state index contributed by atoms with van der Waals surface area (Å²) >= 11 is 0. The number of ether oxygens (including phenoxy) is 1. The van der Waals surface area contributed by atoms with Gasteiger partial charge in [-0.2, -0.15) is 0 Å². The van der Waals surface area contributed by atoms with Crippen LogP contribution in [-0.2, 0) is 20.9 Å². The van der Waals surface area contributed by atoms with Crippen molar-refractivity contribution in [3.05, 3.63) is 35.9 Å². The number of hydrogen-bond acceptors (Lipinski definition) is 5. The van der Waals surface area contributed by atoms with Crippen LogP contribution in [0.3, 0.4) is 0 Å². The summed E-state index contributed by atoms with van der Waals surface area (Å²) in [6.45, 7) is 7.63. The van der Waals surface area contributed by atoms with Gasteiger partial charge in [0.1, 0.15) is 6.04 Å². The molecule has 158 valence electrons. The summed E-state index contributed by atoms with van der Waals surface area (Å²) in [5.74, 6) is 0.000222. The first-order valence-electron chi connectivity index (χ1n) is 10.8. The van der Waals surface area contributed by atoms with Crippen LogP contribution in [0.15, 0.2) is 30.3 Å². The Morgan fingerprint density at radius 2 is 1.97 bits per heavy atom. The molecular formula is C22H32N4O3. The molecule has 1 spiro atoms. The highest BCUT2D eigenvalue weighted by atomic mass is 16.5. The van der Waals surface area contributed by atoms with E-state index in [9.17, 15) is 9.59 Å². The number of morpholine rings is 1. The summed E-state index contributed by atoms with van der Waals surface area (Å²) in [5, 5.41) is 5.97. The summed E-state index contributed by atoms with van der Waals surface area (Å²) in [6.07, 6.45) is 2.35. The third kappa shape index (κ3) is 4.97. The molecule has 0 unspecified atom stereocenters. The van der Waals surface area contributed by atoms with Crippen molar-refractivity contribution in [2.45, 2.75) is 31.8 Å². The third-order valence-electron chi connectivity index (χ3n) is 6.43. The topological polar surface area (TPSA) is 73.9 Å². The van der Waals surface area contributed by atoms with Crippen molar-refractivity contribution in [2.24, 2.45) is 5.41 Å². The number of rotatable bonds is 7. The van der Waals surface area contributed by atoms with Gasteiger partial charge in [0.25, 0.3) is 0 Å². The molecule has 3 aliphatic rings. The first kappa shape index (κ1) is 20.3. The van der Waals surface area contributed by atoms with Gasteiger partial charge >= 0.3 is 0 Å². The maximum atomic E-state index is 12.7. The van der Waals surface area contributed by atoms with Gasteiger partial charge in [-0.1, -0.05) is 30.3 Å². The summed E-state index contributed by atoms with van der Waals surface area (Å²) < 4.78 is 5.35. The van der Waals surface area contributed by atoms with Gasteiger partial charge in [-0.3, -0.25) is 19.4 Å². The predicted molar refractivity (Wildman–Crippen MR) is 110 cm³/mol. The van der Waals surface area contributed by atoms with Crippen molar-refractivity contribution in [2.75, 3.05) is 52.5 Å². The standard InChI is InChI=1S/C22H32N4O3/c27-20(23-8-4-9-25-11-13-29-14-12-25)19-15-22(21(28)24-19)7-10-26(17-22)16-18-5-2-1-3-6-18/h1-3,5-6,19H,4,7-17H2,(H,23,27)(H,24,28)/t19-,22+/m0/s1. The Hall–Kier alpha value is -1.96. The van der Waals surface area contributed by atoms with Crippen LogP contribution in [0.5, 0.6) is 0 Å². The molecule has 3 heterocycles. The predicted octanol–water partition coefficient (Wildman–Crippen LogP) is 0.606. The van der Waals surface area contributed by atoms with E-state index in [1.54, 1.807) is 0 Å². The van der Waals surface area contributed by atoms with E-state index in [0.29, 0.717) is 13.0 Å². The summed E-state index contributed by atoms with van der Waals surface area (Å²) in [7, 11) is 0. The molecule has 0 aliphatic carbocycles. The van der Waals surface area contributed by atoms with Crippen LogP contribution in [0.25, 0.3) is 0 Å². The zero-order valence-corrected chi connectivity index (χ0v) is 17.1. The molecule has 1 aromatic rings. The number of benzene rings is 1. The van der Waals surface area contributed by atoms with Gasteiger partial charge in [0.05, 0.1) is 18.6 Å². The first-order chi connectivity index (χ1) is 14.1. The number of amides is 2. The maximum Gasteiger partial charge on any atom is 0.242 e. The van der Waals surface area contributed by atoms with Gasteiger partial charge in [0.2, 0.25) is 11.8 Å². The highest BCUT2D eigenvalue weighted by Crippen LogP contribution is 2.40. The number of carbonyl (C=O) groups excluding carboxylic acids is 2. The van der Waals surface area contributed by atoms with Crippen LogP contribution in [0.2, 0.25) is 0 Å². The number of likely N-dealkylation sites (tertiary alicyclic amines) is 1. The molecule has 2 N–H and O–H groups in total. The molecule has 3 aliphatic heterocycles. The van der Waals surface area contributed by atoms with Crippen LogP contribution in [0.1, 0.15) is 24.8 Å². The number of hydrogen-bond donors (Lipinski definition) is 2. The molecule has 2 amide bonds. The zero-order chi connectivity index (χ0) is 20.1. The molecule has 7 heteroatoms. The second kappa shape index (κ2) is 9.24. The van der Waals surface area contributed by atoms with Crippen molar-refractivity contribution >= 4 is 11.8 Å². The Morgan fingerprint density at radius 3 is 2.76 bits per heavy atom. The Labute approximate surface area is 172 Å². The Balaban J connectivity index is 1.21. The van der Waals surface area contributed by atoms with Crippen molar-refractivity contribution in [3.8, 4) is 0 Å². The summed E-state index contributed by atoms with van der Waals surface area (Å²) in [5.41, 5.74) is 0.849. The fourth-order valence-electron chi connectivity index (χ4n) is 4.75. The van der Waals surface area contributed by atoms with Gasteiger partial charge in [-0.05, 0) is 37.9 Å². The normalized spacial score (nSPS) is 28.0. The highest BCUT2D eigenvalue weighted by molar-refractivity contribution is 5.94. The molecule has 2 atom stereocenters. The molecular weight excluding hydrogens is 368 g/mol. The van der Waals surface area contributed by atoms with E-state index >= 15 is 0 Å². The minimum Gasteiger partial charge on any atom is -0.379 e. The monoisotopic (exact) mass is 400 g/mol. The number of nitrogens with one attached hydrogen (secondary N) is 2. The van der Waals surface area contributed by atoms with E-state index in [1.807, 2.05) is 18.2 Å². The summed E-state index contributed by atoms with van der Waals surface area (Å²) in [6, 6.07) is 9.94. The van der Waals surface area contributed by atoms with E-state index in [-0.39, 0.29) is 11.8 Å². The lowest BCUT2D eigenvalue weighted by Crippen LogP contribution is -2.43. The van der Waals surface area contributed by atoms with Crippen LogP contribution in [0, 0.1) is 5.41 Å². The second-order valence-corrected chi connectivity index (χ2v) is 8.56. The smallest absolute Gasteiger partial charge is 0.242 e. The average Bonchev–Trinajstić information content (AvgIpc) is 3.30. The van der Waals surface area contributed by atoms with Gasteiger partial charge in [-0.25, -0.2) is 0 Å². The van der Waals surface area contributed by atoms with E-state index in [0.717, 1.165) is 65.3 Å². The minimum absolute atomic E-state index is 0.0429. The molecule has 3 saturated heterocycles. The average molecular weight is 401 g/mol. The van der Waals surface area contributed by atoms with Crippen LogP contribution in [0.4, 0.5) is 0 Å². The van der Waals surface area contributed by atoms with Crippen molar-refractivity contribution in [3.63, 3.8) is 0 Å². The Kier molecular flexibility index (Phi) is 6.47. The van der Waals surface area contributed by atoms with E-state index in [4.69, 9.17) is 4.74 Å². The molecule has 3 fully saturated rings. The number of carbonyl (C=O) groups is 2. The molecule has 0 radical (unpaired) electrons. The molecule has 4 rings (SSSR count). The Morgan fingerprint density at radius 1 is 1.17 bits per heavy atom. The zero-order valence-electron chi connectivity index (χ0n) is 17.1. The highest BCUT2D eigenvalue weighted by Gasteiger charge is 2.52. The molecule has 29 heavy (non-hydrogen) atoms. The van der Waals surface area contributed by atoms with E-state index < -0.39 is 11.5 Å². The van der Waals surface area contributed by atoms with Crippen molar-refractivity contribution in [1.82, 2.24) is 20.4 Å². The van der Waals surface area contributed by atoms with Crippen LogP contribution < -0.4 is 10.6 Å². The van der Waals surface area contributed by atoms with Crippen LogP contribution in [-0.4, -0.2) is 80.1 Å². The van der Waals surface area contributed by atoms with Gasteiger partial charge in [0.15, 0.2) is 0 Å². The fourth-order valence-corrected chi connectivity index (χ4v) is 4.75. The molecule has 1 aromatic carbocycles. The second-order valence-electron chi connectivity index (χ2n) is 8.56. The quantitative estimate of drug-likeness (QED) is 0.656. The fraction of sp³-hybridized carbons (Fsp3) is 0.636. The van der Waals surface area contributed by atoms with Crippen molar-refractivity contribution in [1.29, 1.82) is 0 Å². The van der Waals surface area contributed by atoms with Gasteiger partial charge in [0, 0.05) is 32.7 Å². The Bertz CT molecular complexity index is 707. The summed E-state index contributed by atoms with van der Waals surface area (Å²) in [4.78, 5) is 30.0. The van der Waals surface area contributed by atoms with Gasteiger partial charge < -0.3 is 15.4 Å². The largest absolute Gasteiger partial charge is 0.379 e. The third-order valence-corrected chi connectivity index (χ3v) is 6.43. The molecule has 0 aromatic heterocycles. The first-order valence-corrected chi connectivity index (χ1v) is 10.8. The lowest BCUT2D eigenvalue weighted by atomic mass is 9.84. The van der Waals surface area contributed by atoms with Gasteiger partial charge in [-0.15, -0.1) is 0 Å². The van der Waals surface area contributed by atoms with Crippen LogP contribution >= 0.6 is 0 Å². The SMILES string of the molecule is O=C(NCCCN1CCOCC1)[C@@H]1C[C@@]2(CCN(Cc3ccccc3)C2)C(=O)N1. The molecule has 0 saturated carbocycles. The maximum absolute atomic E-state index is 12.7. The van der Waals surface area contributed by atoms with Crippen molar-refractivity contribution < 1.29 is 14.3 Å². The lowest BCUT2D eigenvalue weighted by molar-refractivity contribution is -0.128. The van der Waals surface area contributed by atoms with E-state index in [2.05, 4.69) is 32.6 Å². The lowest BCUT2D eigenvalue weighted by Gasteiger charge is -2.26.